The molecule has 0 unspecified atom stereocenters. The molecule has 3 aromatic carbocycles. The Labute approximate surface area is 188 Å². The van der Waals surface area contributed by atoms with Crippen molar-refractivity contribution < 1.29 is 4.79 Å². The van der Waals surface area contributed by atoms with Gasteiger partial charge in [0.15, 0.2) is 0 Å². The molecule has 2 heterocycles. The van der Waals surface area contributed by atoms with E-state index in [1.165, 1.54) is 11.1 Å². The van der Waals surface area contributed by atoms with Crippen molar-refractivity contribution in [3.05, 3.63) is 102 Å². The highest BCUT2D eigenvalue weighted by atomic mass is 16.2. The Hall–Kier alpha value is -3.44. The summed E-state index contributed by atoms with van der Waals surface area (Å²) < 4.78 is 0. The van der Waals surface area contributed by atoms with Crippen molar-refractivity contribution in [3.8, 4) is 0 Å². The van der Waals surface area contributed by atoms with Gasteiger partial charge in [0.1, 0.15) is 5.82 Å². The number of amides is 1. The molecule has 32 heavy (non-hydrogen) atoms. The number of piperazine rings is 1. The van der Waals surface area contributed by atoms with Crippen LogP contribution < -0.4 is 0 Å². The Morgan fingerprint density at radius 2 is 1.41 bits per heavy atom. The Kier molecular flexibility index (Phi) is 5.99. The lowest BCUT2D eigenvalue weighted by Crippen LogP contribution is -2.48. The van der Waals surface area contributed by atoms with Crippen LogP contribution in [0.3, 0.4) is 0 Å². The van der Waals surface area contributed by atoms with E-state index in [1.807, 2.05) is 59.5 Å². The summed E-state index contributed by atoms with van der Waals surface area (Å²) in [5, 5.41) is 0. The fourth-order valence-corrected chi connectivity index (χ4v) is 4.55. The van der Waals surface area contributed by atoms with Gasteiger partial charge in [-0.25, -0.2) is 4.98 Å². The maximum atomic E-state index is 13.2. The number of carbonyl (C=O) groups is 1. The van der Waals surface area contributed by atoms with Gasteiger partial charge in [-0.3, -0.25) is 9.69 Å². The maximum absolute atomic E-state index is 13.2. The molecule has 0 radical (unpaired) electrons. The Morgan fingerprint density at radius 3 is 2.03 bits per heavy atom. The highest BCUT2D eigenvalue weighted by Crippen LogP contribution is 2.28. The highest BCUT2D eigenvalue weighted by molar-refractivity contribution is 5.78. The van der Waals surface area contributed by atoms with E-state index in [1.54, 1.807) is 0 Å². The summed E-state index contributed by atoms with van der Waals surface area (Å²) in [7, 11) is 0. The normalized spacial score (nSPS) is 14.8. The fourth-order valence-electron chi connectivity index (χ4n) is 4.55. The summed E-state index contributed by atoms with van der Waals surface area (Å²) in [4.78, 5) is 25.7. The van der Waals surface area contributed by atoms with E-state index in [2.05, 4.69) is 45.2 Å². The summed E-state index contributed by atoms with van der Waals surface area (Å²) in [6.07, 6.45) is 0.498. The van der Waals surface area contributed by atoms with Crippen LogP contribution in [-0.2, 0) is 11.3 Å². The summed E-state index contributed by atoms with van der Waals surface area (Å²) in [5.41, 5.74) is 4.46. The zero-order chi connectivity index (χ0) is 21.8. The molecule has 5 heteroatoms. The summed E-state index contributed by atoms with van der Waals surface area (Å²) in [5.74, 6) is 1.30. The zero-order valence-electron chi connectivity index (χ0n) is 18.2. The minimum Gasteiger partial charge on any atom is -0.341 e. The number of aromatic nitrogens is 2. The Morgan fingerprint density at radius 1 is 0.812 bits per heavy atom. The number of hydrogen-bond donors (Lipinski definition) is 1. The van der Waals surface area contributed by atoms with Crippen LogP contribution in [0.25, 0.3) is 11.0 Å². The summed E-state index contributed by atoms with van der Waals surface area (Å²) >= 11 is 0. The second-order valence-electron chi connectivity index (χ2n) is 8.44. The van der Waals surface area contributed by atoms with E-state index < -0.39 is 0 Å². The standard InChI is InChI=1S/C27H28N4O/c32-27(19-23(21-9-3-1-4-10-21)22-11-5-2-6-12-22)31-17-15-30(16-18-31)20-26-28-24-13-7-8-14-25(24)29-26/h1-14,23H,15-20H2,(H,28,29). The quantitative estimate of drug-likeness (QED) is 0.498. The third kappa shape index (κ3) is 4.58. The van der Waals surface area contributed by atoms with Crippen molar-refractivity contribution in [1.82, 2.24) is 19.8 Å². The molecule has 4 aromatic rings. The van der Waals surface area contributed by atoms with E-state index in [9.17, 15) is 4.79 Å². The van der Waals surface area contributed by atoms with Gasteiger partial charge in [-0.05, 0) is 23.3 Å². The molecule has 1 aliphatic rings. The van der Waals surface area contributed by atoms with Crippen LogP contribution in [0.5, 0.6) is 0 Å². The smallest absolute Gasteiger partial charge is 0.223 e. The molecule has 0 saturated carbocycles. The van der Waals surface area contributed by atoms with Gasteiger partial charge in [0.25, 0.3) is 0 Å². The van der Waals surface area contributed by atoms with E-state index in [4.69, 9.17) is 0 Å². The van der Waals surface area contributed by atoms with Crippen LogP contribution in [0.15, 0.2) is 84.9 Å². The predicted molar refractivity (Wildman–Crippen MR) is 127 cm³/mol. The van der Waals surface area contributed by atoms with Gasteiger partial charge in [0, 0.05) is 38.5 Å². The first-order valence-corrected chi connectivity index (χ1v) is 11.3. The van der Waals surface area contributed by atoms with Gasteiger partial charge < -0.3 is 9.88 Å². The molecule has 0 bridgehead atoms. The van der Waals surface area contributed by atoms with Crippen molar-refractivity contribution in [1.29, 1.82) is 0 Å². The second kappa shape index (κ2) is 9.37. The molecule has 1 fully saturated rings. The van der Waals surface area contributed by atoms with E-state index in [-0.39, 0.29) is 11.8 Å². The molecule has 0 atom stereocenters. The molecule has 1 saturated heterocycles. The lowest BCUT2D eigenvalue weighted by Gasteiger charge is -2.35. The number of nitrogens with zero attached hydrogens (tertiary/aromatic N) is 3. The van der Waals surface area contributed by atoms with E-state index in [0.29, 0.717) is 6.42 Å². The molecule has 1 aliphatic heterocycles. The first-order chi connectivity index (χ1) is 15.8. The van der Waals surface area contributed by atoms with Crippen LogP contribution in [0.1, 0.15) is 29.3 Å². The van der Waals surface area contributed by atoms with Crippen molar-refractivity contribution >= 4 is 16.9 Å². The number of H-pyrrole nitrogens is 1. The van der Waals surface area contributed by atoms with Crippen LogP contribution >= 0.6 is 0 Å². The largest absolute Gasteiger partial charge is 0.341 e. The summed E-state index contributed by atoms with van der Waals surface area (Å²) in [6, 6.07) is 28.8. The fraction of sp³-hybridized carbons (Fsp3) is 0.259. The lowest BCUT2D eigenvalue weighted by atomic mass is 9.88. The third-order valence-corrected chi connectivity index (χ3v) is 6.32. The lowest BCUT2D eigenvalue weighted by molar-refractivity contribution is -0.133. The molecule has 0 spiro atoms. The van der Waals surface area contributed by atoms with Gasteiger partial charge in [-0.2, -0.15) is 0 Å². The van der Waals surface area contributed by atoms with Gasteiger partial charge in [0.05, 0.1) is 17.6 Å². The monoisotopic (exact) mass is 424 g/mol. The molecule has 1 amide bonds. The molecular formula is C27H28N4O. The summed E-state index contributed by atoms with van der Waals surface area (Å²) in [6.45, 7) is 4.03. The molecule has 0 aliphatic carbocycles. The second-order valence-corrected chi connectivity index (χ2v) is 8.44. The number of hydrogen-bond acceptors (Lipinski definition) is 3. The van der Waals surface area contributed by atoms with E-state index in [0.717, 1.165) is 49.6 Å². The van der Waals surface area contributed by atoms with Crippen LogP contribution in [0.4, 0.5) is 0 Å². The topological polar surface area (TPSA) is 52.2 Å². The number of para-hydroxylation sites is 2. The number of nitrogens with one attached hydrogen (secondary N) is 1. The van der Waals surface area contributed by atoms with Crippen LogP contribution in [0, 0.1) is 0 Å². The minimum atomic E-state index is 0.0819. The number of benzene rings is 3. The Balaban J connectivity index is 1.21. The highest BCUT2D eigenvalue weighted by Gasteiger charge is 2.25. The zero-order valence-corrected chi connectivity index (χ0v) is 18.2. The average Bonchev–Trinajstić information content (AvgIpc) is 3.26. The van der Waals surface area contributed by atoms with E-state index >= 15 is 0 Å². The Bertz CT molecular complexity index is 1090. The first-order valence-electron chi connectivity index (χ1n) is 11.3. The molecular weight excluding hydrogens is 396 g/mol. The average molecular weight is 425 g/mol. The van der Waals surface area contributed by atoms with Crippen LogP contribution in [-0.4, -0.2) is 51.9 Å². The van der Waals surface area contributed by atoms with Crippen molar-refractivity contribution in [2.75, 3.05) is 26.2 Å². The number of fused-ring (bicyclic) bond motifs is 1. The minimum absolute atomic E-state index is 0.0819. The maximum Gasteiger partial charge on any atom is 0.223 e. The number of rotatable bonds is 6. The van der Waals surface area contributed by atoms with Gasteiger partial charge in [-0.1, -0.05) is 72.8 Å². The van der Waals surface area contributed by atoms with Crippen molar-refractivity contribution in [3.63, 3.8) is 0 Å². The molecule has 5 rings (SSSR count). The van der Waals surface area contributed by atoms with Gasteiger partial charge in [0.2, 0.25) is 5.91 Å². The van der Waals surface area contributed by atoms with Gasteiger partial charge in [-0.15, -0.1) is 0 Å². The first kappa shape index (κ1) is 20.5. The van der Waals surface area contributed by atoms with Crippen molar-refractivity contribution in [2.45, 2.75) is 18.9 Å². The molecule has 5 nitrogen and oxygen atoms in total. The molecule has 162 valence electrons. The van der Waals surface area contributed by atoms with Crippen molar-refractivity contribution in [2.24, 2.45) is 0 Å². The number of aromatic amines is 1. The number of imidazole rings is 1. The molecule has 1 aromatic heterocycles. The SMILES string of the molecule is O=C(CC(c1ccccc1)c1ccccc1)N1CCN(Cc2nc3ccccc3[nH]2)CC1. The predicted octanol–water partition coefficient (Wildman–Crippen LogP) is 4.43. The third-order valence-electron chi connectivity index (χ3n) is 6.32. The number of carbonyl (C=O) groups excluding carboxylic acids is 1. The van der Waals surface area contributed by atoms with Crippen LogP contribution in [0.2, 0.25) is 0 Å². The molecule has 1 N–H and O–H groups in total. The van der Waals surface area contributed by atoms with Gasteiger partial charge >= 0.3 is 0 Å².